The summed E-state index contributed by atoms with van der Waals surface area (Å²) in [6, 6.07) is 7.86. The Labute approximate surface area is 115 Å². The Morgan fingerprint density at radius 3 is 2.75 bits per heavy atom. The molecule has 2 aromatic heterocycles. The molecule has 0 saturated heterocycles. The summed E-state index contributed by atoms with van der Waals surface area (Å²) < 4.78 is 10.2. The number of hydrogen-bond acceptors (Lipinski definition) is 6. The van der Waals surface area contributed by atoms with E-state index in [1.807, 2.05) is 31.2 Å². The highest BCUT2D eigenvalue weighted by atomic mass is 16.5. The van der Waals surface area contributed by atoms with Crippen molar-refractivity contribution >= 4 is 16.9 Å². The molecule has 3 rings (SSSR count). The third-order valence-electron chi connectivity index (χ3n) is 3.06. The molecule has 6 heteroatoms. The number of nitrogens with one attached hydrogen (secondary N) is 1. The predicted molar refractivity (Wildman–Crippen MR) is 74.7 cm³/mol. The van der Waals surface area contributed by atoms with Gasteiger partial charge in [0, 0.05) is 6.54 Å². The van der Waals surface area contributed by atoms with E-state index < -0.39 is 0 Å². The van der Waals surface area contributed by atoms with E-state index in [9.17, 15) is 0 Å². The van der Waals surface area contributed by atoms with Crippen molar-refractivity contribution in [1.82, 2.24) is 15.1 Å². The van der Waals surface area contributed by atoms with Gasteiger partial charge in [0.25, 0.3) is 5.71 Å². The molecule has 1 N–H and O–H groups in total. The number of aromatic nitrogens is 3. The van der Waals surface area contributed by atoms with Crippen LogP contribution in [0.15, 0.2) is 35.1 Å². The number of benzene rings is 1. The highest BCUT2D eigenvalue weighted by Gasteiger charge is 2.11. The molecule has 3 aromatic rings. The summed E-state index contributed by atoms with van der Waals surface area (Å²) in [5.74, 6) is 1.57. The molecule has 0 fully saturated rings. The maximum absolute atomic E-state index is 5.13. The second-order valence-electron chi connectivity index (χ2n) is 4.37. The average Bonchev–Trinajstić information content (AvgIpc) is 2.88. The molecule has 20 heavy (non-hydrogen) atoms. The van der Waals surface area contributed by atoms with Crippen LogP contribution in [0.5, 0.6) is 5.75 Å². The van der Waals surface area contributed by atoms with Crippen LogP contribution in [0.2, 0.25) is 0 Å². The molecule has 0 spiro atoms. The monoisotopic (exact) mass is 270 g/mol. The van der Waals surface area contributed by atoms with Crippen LogP contribution in [0, 0.1) is 6.92 Å². The van der Waals surface area contributed by atoms with Gasteiger partial charge in [0.05, 0.1) is 12.8 Å². The fraction of sp³-hybridized carbons (Fsp3) is 0.214. The van der Waals surface area contributed by atoms with Crippen LogP contribution in [0.4, 0.5) is 5.82 Å². The molecule has 0 unspecified atom stereocenters. The Balaban J connectivity index is 1.81. The summed E-state index contributed by atoms with van der Waals surface area (Å²) in [6.07, 6.45) is 1.46. The van der Waals surface area contributed by atoms with Crippen LogP contribution >= 0.6 is 0 Å². The van der Waals surface area contributed by atoms with Gasteiger partial charge >= 0.3 is 0 Å². The van der Waals surface area contributed by atoms with E-state index in [0.29, 0.717) is 12.3 Å². The largest absolute Gasteiger partial charge is 0.497 e. The van der Waals surface area contributed by atoms with Gasteiger partial charge < -0.3 is 14.6 Å². The molecule has 0 bridgehead atoms. The van der Waals surface area contributed by atoms with Gasteiger partial charge in [0.1, 0.15) is 23.3 Å². The first-order valence-corrected chi connectivity index (χ1v) is 6.21. The lowest BCUT2D eigenvalue weighted by molar-refractivity contribution is 0.414. The Bertz CT molecular complexity index is 722. The number of aryl methyl sites for hydroxylation is 1. The number of methoxy groups -OCH3 is 1. The lowest BCUT2D eigenvalue weighted by Gasteiger charge is -2.07. The maximum Gasteiger partial charge on any atom is 0.263 e. The van der Waals surface area contributed by atoms with Crippen LogP contribution in [-0.2, 0) is 6.54 Å². The SMILES string of the molecule is COc1ccc(CNc2ncnc3onc(C)c23)cc1. The van der Waals surface area contributed by atoms with Crippen LogP contribution in [0.3, 0.4) is 0 Å². The summed E-state index contributed by atoms with van der Waals surface area (Å²) in [5.41, 5.74) is 2.40. The van der Waals surface area contributed by atoms with Crippen molar-refractivity contribution in [2.75, 3.05) is 12.4 Å². The second kappa shape index (κ2) is 5.16. The smallest absolute Gasteiger partial charge is 0.263 e. The fourth-order valence-corrected chi connectivity index (χ4v) is 1.99. The number of nitrogens with zero attached hydrogens (tertiary/aromatic N) is 3. The Hall–Kier alpha value is -2.63. The van der Waals surface area contributed by atoms with Crippen LogP contribution < -0.4 is 10.1 Å². The predicted octanol–water partition coefficient (Wildman–Crippen LogP) is 2.55. The van der Waals surface area contributed by atoms with Crippen LogP contribution in [0.25, 0.3) is 11.1 Å². The van der Waals surface area contributed by atoms with Crippen molar-refractivity contribution in [2.45, 2.75) is 13.5 Å². The van der Waals surface area contributed by atoms with Crippen molar-refractivity contribution in [2.24, 2.45) is 0 Å². The summed E-state index contributed by atoms with van der Waals surface area (Å²) in [5, 5.41) is 8.00. The summed E-state index contributed by atoms with van der Waals surface area (Å²) >= 11 is 0. The Kier molecular flexibility index (Phi) is 3.20. The van der Waals surface area contributed by atoms with Gasteiger partial charge in [-0.15, -0.1) is 0 Å². The summed E-state index contributed by atoms with van der Waals surface area (Å²) in [6.45, 7) is 2.52. The van der Waals surface area contributed by atoms with Crippen molar-refractivity contribution < 1.29 is 9.26 Å². The zero-order chi connectivity index (χ0) is 13.9. The molecule has 1 aromatic carbocycles. The molecule has 2 heterocycles. The number of ether oxygens (including phenoxy) is 1. The van der Waals surface area contributed by atoms with Gasteiger partial charge in [-0.05, 0) is 24.6 Å². The first kappa shape index (κ1) is 12.4. The van der Waals surface area contributed by atoms with Crippen molar-refractivity contribution in [3.8, 4) is 5.75 Å². The third-order valence-corrected chi connectivity index (χ3v) is 3.06. The van der Waals surface area contributed by atoms with Gasteiger partial charge in [0.15, 0.2) is 0 Å². The zero-order valence-electron chi connectivity index (χ0n) is 11.3. The minimum Gasteiger partial charge on any atom is -0.497 e. The Morgan fingerprint density at radius 2 is 2.00 bits per heavy atom. The molecule has 102 valence electrons. The minimum absolute atomic E-state index is 0.495. The van der Waals surface area contributed by atoms with Gasteiger partial charge in [-0.1, -0.05) is 17.3 Å². The highest BCUT2D eigenvalue weighted by Crippen LogP contribution is 2.23. The van der Waals surface area contributed by atoms with E-state index in [1.54, 1.807) is 7.11 Å². The number of rotatable bonds is 4. The topological polar surface area (TPSA) is 73.1 Å². The van der Waals surface area contributed by atoms with Gasteiger partial charge in [-0.25, -0.2) is 4.98 Å². The second-order valence-corrected chi connectivity index (χ2v) is 4.37. The fourth-order valence-electron chi connectivity index (χ4n) is 1.99. The van der Waals surface area contributed by atoms with E-state index in [0.717, 1.165) is 28.2 Å². The molecule has 6 nitrogen and oxygen atoms in total. The van der Waals surface area contributed by atoms with E-state index in [1.165, 1.54) is 6.33 Å². The first-order valence-electron chi connectivity index (χ1n) is 6.21. The van der Waals surface area contributed by atoms with Gasteiger partial charge in [-0.2, -0.15) is 4.98 Å². The van der Waals surface area contributed by atoms with E-state index in [4.69, 9.17) is 9.26 Å². The van der Waals surface area contributed by atoms with Crippen LogP contribution in [-0.4, -0.2) is 22.2 Å². The van der Waals surface area contributed by atoms with Crippen molar-refractivity contribution in [3.63, 3.8) is 0 Å². The zero-order valence-corrected chi connectivity index (χ0v) is 11.3. The quantitative estimate of drug-likeness (QED) is 0.785. The average molecular weight is 270 g/mol. The van der Waals surface area contributed by atoms with Gasteiger partial charge in [-0.3, -0.25) is 0 Å². The maximum atomic E-state index is 5.13. The van der Waals surface area contributed by atoms with E-state index in [2.05, 4.69) is 20.4 Å². The molecule has 0 amide bonds. The molecular weight excluding hydrogens is 256 g/mol. The molecule has 0 saturated carbocycles. The van der Waals surface area contributed by atoms with Crippen LogP contribution in [0.1, 0.15) is 11.3 Å². The molecule has 0 aliphatic rings. The molecule has 0 aliphatic heterocycles. The summed E-state index contributed by atoms with van der Waals surface area (Å²) in [7, 11) is 1.65. The molecule has 0 radical (unpaired) electrons. The number of fused-ring (bicyclic) bond motifs is 1. The van der Waals surface area contributed by atoms with E-state index in [-0.39, 0.29) is 0 Å². The standard InChI is InChI=1S/C14H14N4O2/c1-9-12-13(16-8-17-14(12)20-18-9)15-7-10-3-5-11(19-2)6-4-10/h3-6,8H,7H2,1-2H3,(H,15,16,17). The molecular formula is C14H14N4O2. The number of anilines is 1. The third kappa shape index (κ3) is 2.27. The van der Waals surface area contributed by atoms with Crippen molar-refractivity contribution in [1.29, 1.82) is 0 Å². The Morgan fingerprint density at radius 1 is 1.20 bits per heavy atom. The molecule has 0 atom stereocenters. The minimum atomic E-state index is 0.495. The van der Waals surface area contributed by atoms with Crippen molar-refractivity contribution in [3.05, 3.63) is 41.9 Å². The lowest BCUT2D eigenvalue weighted by Crippen LogP contribution is -2.02. The summed E-state index contributed by atoms with van der Waals surface area (Å²) in [4.78, 5) is 8.29. The molecule has 0 aliphatic carbocycles. The van der Waals surface area contributed by atoms with E-state index >= 15 is 0 Å². The first-order chi connectivity index (χ1) is 9.78. The van der Waals surface area contributed by atoms with Gasteiger partial charge in [0.2, 0.25) is 0 Å². The number of hydrogen-bond donors (Lipinski definition) is 1. The lowest BCUT2D eigenvalue weighted by atomic mass is 10.2. The normalized spacial score (nSPS) is 10.7. The highest BCUT2D eigenvalue weighted by molar-refractivity contribution is 5.87.